The minimum atomic E-state index is -1.45. The third kappa shape index (κ3) is 12.8. The summed E-state index contributed by atoms with van der Waals surface area (Å²) >= 11 is 0. The van der Waals surface area contributed by atoms with Crippen molar-refractivity contribution in [2.24, 2.45) is 11.5 Å². The van der Waals surface area contributed by atoms with Crippen molar-refractivity contribution in [2.75, 3.05) is 26.2 Å². The summed E-state index contributed by atoms with van der Waals surface area (Å²) < 4.78 is 0. The standard InChI is InChI=1S/C10H14N2O.2C4H7NO4/c13-10-4-2-1-3-9(10)12-7-5-11-6-8-12;2*5-2(4(8)9)1-3(6)7/h1-4,11,13H,5-8H2;2*2H,1,5H2,(H,6,7)(H,8,9). The fraction of sp³-hybridized carbons (Fsp3) is 0.444. The van der Waals surface area contributed by atoms with Gasteiger partial charge in [0, 0.05) is 30.8 Å². The van der Waals surface area contributed by atoms with Crippen LogP contribution < -0.4 is 31.9 Å². The molecule has 0 aromatic heterocycles. The van der Waals surface area contributed by atoms with Gasteiger partial charge in [-0.1, -0.05) is 12.1 Å². The van der Waals surface area contributed by atoms with Crippen molar-refractivity contribution >= 4 is 29.6 Å². The highest BCUT2D eigenvalue weighted by Crippen LogP contribution is 2.16. The molecule has 13 nitrogen and oxygen atoms in total. The maximum atomic E-state index is 9.82. The van der Waals surface area contributed by atoms with Crippen LogP contribution in [0.5, 0.6) is 5.75 Å². The summed E-state index contributed by atoms with van der Waals surface area (Å²) in [6.45, 7) is 4.53. The van der Waals surface area contributed by atoms with Crippen molar-refractivity contribution in [3.05, 3.63) is 24.3 Å². The molecule has 174 valence electrons. The molecule has 0 amide bonds. The molecule has 1 saturated heterocycles. The van der Waals surface area contributed by atoms with Crippen molar-refractivity contribution in [1.82, 2.24) is 0 Å². The summed E-state index contributed by atoms with van der Waals surface area (Å²) in [6, 6.07) is 4.93. The number of hydrogen-bond acceptors (Lipinski definition) is 9. The number of rotatable bonds is 7. The van der Waals surface area contributed by atoms with Crippen LogP contribution in [0.1, 0.15) is 12.8 Å². The highest BCUT2D eigenvalue weighted by molar-refractivity contribution is 5.79. The number of quaternary nitrogens is 2. The van der Waals surface area contributed by atoms with Crippen molar-refractivity contribution in [3.63, 3.8) is 0 Å². The number of aliphatic carboxylic acids is 4. The highest BCUT2D eigenvalue weighted by Gasteiger charge is 2.20. The lowest BCUT2D eigenvalue weighted by atomic mass is 10.2. The lowest BCUT2D eigenvalue weighted by Gasteiger charge is -2.22. The number of piperazine rings is 1. The van der Waals surface area contributed by atoms with Crippen molar-refractivity contribution < 1.29 is 54.9 Å². The maximum Gasteiger partial charge on any atom is 0.320 e. The number of para-hydroxylation sites is 2. The smallest absolute Gasteiger partial charge is 0.320 e. The Labute approximate surface area is 177 Å². The van der Waals surface area contributed by atoms with Crippen molar-refractivity contribution in [1.29, 1.82) is 0 Å². The van der Waals surface area contributed by atoms with Gasteiger partial charge in [0.05, 0.1) is 0 Å². The lowest BCUT2D eigenvalue weighted by molar-refractivity contribution is -0.895. The lowest BCUT2D eigenvalue weighted by Crippen LogP contribution is -3.17. The van der Waals surface area contributed by atoms with Crippen LogP contribution in [0.15, 0.2) is 24.3 Å². The van der Waals surface area contributed by atoms with Gasteiger partial charge in [-0.3, -0.25) is 14.5 Å². The number of carbonyl (C=O) groups is 4. The Morgan fingerprint density at radius 2 is 1.35 bits per heavy atom. The van der Waals surface area contributed by atoms with Gasteiger partial charge in [-0.05, 0) is 6.07 Å². The van der Waals surface area contributed by atoms with Gasteiger partial charge in [-0.15, -0.1) is 0 Å². The zero-order chi connectivity index (χ0) is 24.0. The first-order valence-electron chi connectivity index (χ1n) is 9.26. The maximum absolute atomic E-state index is 9.82. The van der Waals surface area contributed by atoms with E-state index in [0.717, 1.165) is 31.9 Å². The number of carboxylic acids is 4. The normalized spacial score (nSPS) is 15.2. The van der Waals surface area contributed by atoms with Gasteiger partial charge in [0.2, 0.25) is 0 Å². The highest BCUT2D eigenvalue weighted by atomic mass is 16.4. The van der Waals surface area contributed by atoms with Gasteiger partial charge in [0.25, 0.3) is 0 Å². The molecular weight excluding hydrogens is 416 g/mol. The fourth-order valence-corrected chi connectivity index (χ4v) is 2.40. The van der Waals surface area contributed by atoms with E-state index in [1.807, 2.05) is 18.2 Å². The van der Waals surface area contributed by atoms with Crippen LogP contribution in [0.2, 0.25) is 0 Å². The Kier molecular flexibility index (Phi) is 13.1. The van der Waals surface area contributed by atoms with E-state index >= 15 is 0 Å². The summed E-state index contributed by atoms with van der Waals surface area (Å²) in [5, 5.41) is 47.3. The monoisotopic (exact) mass is 444 g/mol. The third-order valence-corrected chi connectivity index (χ3v) is 3.99. The largest absolute Gasteiger partial charge is 0.550 e. The van der Waals surface area contributed by atoms with E-state index in [9.17, 15) is 34.5 Å². The molecular formula is C18H28N4O9. The van der Waals surface area contributed by atoms with Crippen LogP contribution in [0.4, 0.5) is 5.69 Å². The second-order valence-electron chi connectivity index (χ2n) is 6.53. The number of phenols is 1. The third-order valence-electron chi connectivity index (χ3n) is 3.99. The van der Waals surface area contributed by atoms with Crippen LogP contribution in [0, 0.1) is 0 Å². The molecule has 1 fully saturated rings. The Bertz CT molecular complexity index is 706. The molecule has 0 bridgehead atoms. The Hall–Kier alpha value is -3.26. The molecule has 1 aromatic rings. The number of benzene rings is 1. The van der Waals surface area contributed by atoms with Gasteiger partial charge in [-0.25, -0.2) is 0 Å². The predicted octanol–water partition coefficient (Wildman–Crippen LogP) is -6.44. The van der Waals surface area contributed by atoms with Crippen LogP contribution in [0.3, 0.4) is 0 Å². The molecule has 2 unspecified atom stereocenters. The summed E-state index contributed by atoms with van der Waals surface area (Å²) in [5.74, 6) is -5.15. The molecule has 31 heavy (non-hydrogen) atoms. The van der Waals surface area contributed by atoms with E-state index in [-0.39, 0.29) is 0 Å². The topological polar surface area (TPSA) is 248 Å². The molecule has 1 aliphatic heterocycles. The van der Waals surface area contributed by atoms with E-state index in [1.165, 1.54) is 4.90 Å². The number of nitrogens with two attached hydrogens (primary N) is 3. The van der Waals surface area contributed by atoms with Gasteiger partial charge in [0.15, 0.2) is 11.4 Å². The molecule has 0 aliphatic carbocycles. The van der Waals surface area contributed by atoms with Crippen molar-refractivity contribution in [2.45, 2.75) is 24.9 Å². The summed E-state index contributed by atoms with van der Waals surface area (Å²) in [5.41, 5.74) is 10.6. The quantitative estimate of drug-likeness (QED) is 0.195. The van der Waals surface area contributed by atoms with E-state index in [0.29, 0.717) is 5.75 Å². The molecule has 2 rings (SSSR count). The van der Waals surface area contributed by atoms with Gasteiger partial charge in [0.1, 0.15) is 38.3 Å². The molecule has 2 atom stereocenters. The van der Waals surface area contributed by atoms with Gasteiger partial charge >= 0.3 is 11.9 Å². The first kappa shape index (κ1) is 27.7. The molecule has 0 spiro atoms. The number of phenolic OH excluding ortho intramolecular Hbond substituents is 1. The van der Waals surface area contributed by atoms with E-state index in [2.05, 4.69) is 5.32 Å². The average molecular weight is 444 g/mol. The van der Waals surface area contributed by atoms with Gasteiger partial charge < -0.3 is 51.9 Å². The van der Waals surface area contributed by atoms with E-state index in [1.54, 1.807) is 6.07 Å². The van der Waals surface area contributed by atoms with Crippen LogP contribution in [0.25, 0.3) is 0 Å². The molecule has 0 radical (unpaired) electrons. The van der Waals surface area contributed by atoms with E-state index < -0.39 is 48.8 Å². The predicted molar refractivity (Wildman–Crippen MR) is 101 cm³/mol. The van der Waals surface area contributed by atoms with Gasteiger partial charge in [-0.2, -0.15) is 0 Å². The Balaban J connectivity index is 0.000000452. The molecule has 0 saturated carbocycles. The van der Waals surface area contributed by atoms with E-state index in [4.69, 9.17) is 21.7 Å². The summed E-state index contributed by atoms with van der Waals surface area (Å²) in [7, 11) is 0. The molecule has 10 N–H and O–H groups in total. The van der Waals surface area contributed by atoms with Crippen LogP contribution >= 0.6 is 0 Å². The Morgan fingerprint density at radius 1 is 0.935 bits per heavy atom. The molecule has 1 aliphatic rings. The first-order chi connectivity index (χ1) is 14.5. The number of aromatic hydroxyl groups is 1. The van der Waals surface area contributed by atoms with Crippen molar-refractivity contribution in [3.8, 4) is 5.75 Å². The second kappa shape index (κ2) is 14.7. The Morgan fingerprint density at radius 3 is 1.68 bits per heavy atom. The minimum absolute atomic E-state index is 0.430. The SMILES string of the molecule is NC(CC(=O)[O-])C(=O)O.NC(CC(=O)[O-])C(=O)O.Oc1ccccc1[NH+]1CC[NH2+]CC1. The number of carbonyl (C=O) groups excluding carboxylic acids is 2. The fourth-order valence-electron chi connectivity index (χ4n) is 2.40. The number of carboxylic acid groups (broad SMARTS) is 4. The molecule has 1 heterocycles. The minimum Gasteiger partial charge on any atom is -0.550 e. The zero-order valence-corrected chi connectivity index (χ0v) is 16.7. The van der Waals surface area contributed by atoms with Crippen LogP contribution in [-0.4, -0.2) is 77.5 Å². The summed E-state index contributed by atoms with van der Waals surface area (Å²) in [4.78, 5) is 40.4. The molecule has 1 aromatic carbocycles. The van der Waals surface area contributed by atoms with Crippen LogP contribution in [-0.2, 0) is 19.2 Å². The first-order valence-corrected chi connectivity index (χ1v) is 9.26. The number of hydrogen-bond donors (Lipinski definition) is 7. The zero-order valence-electron chi connectivity index (χ0n) is 16.7. The number of nitrogens with one attached hydrogen (secondary N) is 1. The summed E-state index contributed by atoms with van der Waals surface area (Å²) in [6.07, 6.45) is -1.29. The second-order valence-corrected chi connectivity index (χ2v) is 6.53. The molecule has 13 heteroatoms. The average Bonchev–Trinajstić information content (AvgIpc) is 2.69.